The number of aromatic amines is 1. The second kappa shape index (κ2) is 10.8. The predicted octanol–water partition coefficient (Wildman–Crippen LogP) is 6.75. The molecule has 0 saturated carbocycles. The molecule has 0 aliphatic rings. The van der Waals surface area contributed by atoms with Crippen molar-refractivity contribution in [2.24, 2.45) is 0 Å². The molecular formula is C33H27N3O3. The molecule has 192 valence electrons. The van der Waals surface area contributed by atoms with Gasteiger partial charge in [-0.3, -0.25) is 9.89 Å². The average Bonchev–Trinajstić information content (AvgIpc) is 3.39. The third-order valence-electron chi connectivity index (χ3n) is 6.71. The fraction of sp³-hybridized carbons (Fsp3) is 0.0909. The van der Waals surface area contributed by atoms with E-state index in [-0.39, 0.29) is 12.2 Å². The minimum Gasteiger partial charge on any atom is -0.497 e. The third kappa shape index (κ3) is 4.85. The van der Waals surface area contributed by atoms with Gasteiger partial charge in [0.05, 0.1) is 42.8 Å². The number of nitrogens with zero attached hydrogens (tertiary/aromatic N) is 2. The van der Waals surface area contributed by atoms with E-state index >= 15 is 0 Å². The number of hydrogen-bond donors (Lipinski definition) is 1. The summed E-state index contributed by atoms with van der Waals surface area (Å²) in [6.07, 6.45) is 0. The van der Waals surface area contributed by atoms with Crippen molar-refractivity contribution in [3.63, 3.8) is 0 Å². The van der Waals surface area contributed by atoms with Crippen molar-refractivity contribution in [1.29, 1.82) is 0 Å². The summed E-state index contributed by atoms with van der Waals surface area (Å²) in [6.45, 7) is 0.597. The predicted molar refractivity (Wildman–Crippen MR) is 154 cm³/mol. The molecule has 0 aliphatic heterocycles. The Morgan fingerprint density at radius 3 is 1.92 bits per heavy atom. The van der Waals surface area contributed by atoms with Gasteiger partial charge in [0.1, 0.15) is 5.75 Å². The first-order chi connectivity index (χ1) is 19.2. The van der Waals surface area contributed by atoms with Crippen LogP contribution in [-0.4, -0.2) is 21.7 Å². The van der Waals surface area contributed by atoms with Crippen LogP contribution in [0.2, 0.25) is 0 Å². The fourth-order valence-electron chi connectivity index (χ4n) is 4.80. The van der Waals surface area contributed by atoms with Crippen LogP contribution in [0.3, 0.4) is 0 Å². The van der Waals surface area contributed by atoms with E-state index in [0.29, 0.717) is 29.3 Å². The lowest BCUT2D eigenvalue weighted by atomic mass is 10.0. The van der Waals surface area contributed by atoms with Crippen molar-refractivity contribution in [2.45, 2.75) is 13.2 Å². The number of ether oxygens (including phenoxy) is 2. The summed E-state index contributed by atoms with van der Waals surface area (Å²) in [5.74, 6) is 0.715. The Balaban J connectivity index is 1.56. The van der Waals surface area contributed by atoms with Crippen molar-refractivity contribution < 1.29 is 9.47 Å². The first-order valence-corrected chi connectivity index (χ1v) is 12.8. The van der Waals surface area contributed by atoms with Crippen LogP contribution in [-0.2, 0) is 18.0 Å². The maximum atomic E-state index is 14.2. The van der Waals surface area contributed by atoms with Gasteiger partial charge in [-0.05, 0) is 28.8 Å². The summed E-state index contributed by atoms with van der Waals surface area (Å²) in [5.41, 5.74) is 6.87. The molecule has 0 bridgehead atoms. The summed E-state index contributed by atoms with van der Waals surface area (Å²) >= 11 is 0. The van der Waals surface area contributed by atoms with Crippen LogP contribution in [0.5, 0.6) is 5.75 Å². The normalized spacial score (nSPS) is 11.1. The molecule has 0 amide bonds. The highest BCUT2D eigenvalue weighted by atomic mass is 16.5. The Labute approximate surface area is 226 Å². The van der Waals surface area contributed by atoms with Crippen LogP contribution < -0.4 is 10.3 Å². The number of fused-ring (bicyclic) bond motifs is 1. The van der Waals surface area contributed by atoms with Crippen molar-refractivity contribution >= 4 is 5.65 Å². The van der Waals surface area contributed by atoms with E-state index in [1.165, 1.54) is 0 Å². The molecule has 6 nitrogen and oxygen atoms in total. The highest BCUT2D eigenvalue weighted by Crippen LogP contribution is 2.35. The molecule has 0 unspecified atom stereocenters. The van der Waals surface area contributed by atoms with E-state index in [1.54, 1.807) is 11.6 Å². The topological polar surface area (TPSA) is 68.6 Å². The van der Waals surface area contributed by atoms with E-state index in [2.05, 4.69) is 5.10 Å². The Bertz CT molecular complexity index is 1760. The van der Waals surface area contributed by atoms with Crippen LogP contribution in [0.4, 0.5) is 0 Å². The van der Waals surface area contributed by atoms with Crippen LogP contribution in [0, 0.1) is 0 Å². The van der Waals surface area contributed by atoms with Gasteiger partial charge >= 0.3 is 0 Å². The van der Waals surface area contributed by atoms with Gasteiger partial charge in [-0.2, -0.15) is 4.52 Å². The quantitative estimate of drug-likeness (QED) is 0.244. The van der Waals surface area contributed by atoms with Crippen molar-refractivity contribution in [3.05, 3.63) is 137 Å². The van der Waals surface area contributed by atoms with Crippen LogP contribution in [0.15, 0.2) is 120 Å². The SMILES string of the molecule is COc1ccc(-c2c(COCc3ccccc3)nc3c(-c4ccccc4)c(-c4ccccc4)[nH]n3c2=O)cc1. The maximum Gasteiger partial charge on any atom is 0.280 e. The van der Waals surface area contributed by atoms with Crippen LogP contribution >= 0.6 is 0 Å². The maximum absolute atomic E-state index is 14.2. The Morgan fingerprint density at radius 2 is 1.28 bits per heavy atom. The van der Waals surface area contributed by atoms with Gasteiger partial charge in [0.25, 0.3) is 5.56 Å². The number of nitrogens with one attached hydrogen (secondary N) is 1. The number of H-pyrrole nitrogens is 1. The highest BCUT2D eigenvalue weighted by Gasteiger charge is 2.22. The average molecular weight is 514 g/mol. The highest BCUT2D eigenvalue weighted by molar-refractivity contribution is 5.91. The summed E-state index contributed by atoms with van der Waals surface area (Å²) in [6, 6.07) is 37.4. The van der Waals surface area contributed by atoms with E-state index in [4.69, 9.17) is 14.5 Å². The lowest BCUT2D eigenvalue weighted by molar-refractivity contribution is 0.105. The van der Waals surface area contributed by atoms with Gasteiger partial charge in [-0.25, -0.2) is 4.98 Å². The molecule has 0 saturated heterocycles. The van der Waals surface area contributed by atoms with Gasteiger partial charge in [-0.1, -0.05) is 103 Å². The molecule has 0 atom stereocenters. The van der Waals surface area contributed by atoms with Gasteiger partial charge in [0, 0.05) is 5.56 Å². The van der Waals surface area contributed by atoms with E-state index in [0.717, 1.165) is 33.5 Å². The first-order valence-electron chi connectivity index (χ1n) is 12.8. The zero-order chi connectivity index (χ0) is 26.6. The summed E-state index contributed by atoms with van der Waals surface area (Å²) in [5, 5.41) is 3.37. The molecule has 6 rings (SSSR count). The number of methoxy groups -OCH3 is 1. The van der Waals surface area contributed by atoms with E-state index in [9.17, 15) is 4.79 Å². The lowest BCUT2D eigenvalue weighted by Crippen LogP contribution is -2.20. The van der Waals surface area contributed by atoms with Gasteiger partial charge < -0.3 is 9.47 Å². The molecule has 6 heteroatoms. The minimum absolute atomic E-state index is 0.183. The first kappa shape index (κ1) is 24.4. The molecule has 2 aromatic heterocycles. The molecule has 0 aliphatic carbocycles. The molecule has 6 aromatic rings. The van der Waals surface area contributed by atoms with Crippen molar-refractivity contribution in [1.82, 2.24) is 14.6 Å². The summed E-state index contributed by atoms with van der Waals surface area (Å²) in [4.78, 5) is 19.3. The molecule has 0 radical (unpaired) electrons. The minimum atomic E-state index is -0.192. The van der Waals surface area contributed by atoms with E-state index < -0.39 is 0 Å². The number of benzene rings is 4. The zero-order valence-corrected chi connectivity index (χ0v) is 21.5. The van der Waals surface area contributed by atoms with Crippen LogP contribution in [0.25, 0.3) is 39.2 Å². The van der Waals surface area contributed by atoms with Crippen molar-refractivity contribution in [3.8, 4) is 39.3 Å². The monoisotopic (exact) mass is 513 g/mol. The van der Waals surface area contributed by atoms with E-state index in [1.807, 2.05) is 115 Å². The zero-order valence-electron chi connectivity index (χ0n) is 21.5. The molecular weight excluding hydrogens is 486 g/mol. The second-order valence-corrected chi connectivity index (χ2v) is 9.20. The molecule has 4 aromatic carbocycles. The fourth-order valence-corrected chi connectivity index (χ4v) is 4.80. The van der Waals surface area contributed by atoms with Crippen molar-refractivity contribution in [2.75, 3.05) is 7.11 Å². The largest absolute Gasteiger partial charge is 0.497 e. The summed E-state index contributed by atoms with van der Waals surface area (Å²) < 4.78 is 13.0. The third-order valence-corrected chi connectivity index (χ3v) is 6.71. The van der Waals surface area contributed by atoms with Gasteiger partial charge in [0.2, 0.25) is 0 Å². The lowest BCUT2D eigenvalue weighted by Gasteiger charge is -2.11. The Kier molecular flexibility index (Phi) is 6.76. The number of hydrogen-bond acceptors (Lipinski definition) is 4. The molecule has 1 N–H and O–H groups in total. The number of rotatable bonds is 8. The second-order valence-electron chi connectivity index (χ2n) is 9.20. The molecule has 39 heavy (non-hydrogen) atoms. The molecule has 0 fully saturated rings. The smallest absolute Gasteiger partial charge is 0.280 e. The standard InChI is InChI=1S/C33H27N3O3/c1-38-27-19-17-25(18-20-27)29-28(22-39-21-23-11-5-2-6-12-23)34-32-30(24-13-7-3-8-14-24)31(35-36(32)33(29)37)26-15-9-4-10-16-26/h2-20,35H,21-22H2,1H3. The Morgan fingerprint density at radius 1 is 0.692 bits per heavy atom. The molecule has 0 spiro atoms. The van der Waals surface area contributed by atoms with Gasteiger partial charge in [-0.15, -0.1) is 0 Å². The van der Waals surface area contributed by atoms with Gasteiger partial charge in [0.15, 0.2) is 5.65 Å². The summed E-state index contributed by atoms with van der Waals surface area (Å²) in [7, 11) is 1.62. The number of aromatic nitrogens is 3. The Hall–Kier alpha value is -4.94. The molecule has 2 heterocycles. The van der Waals surface area contributed by atoms with Crippen LogP contribution in [0.1, 0.15) is 11.3 Å².